The van der Waals surface area contributed by atoms with Gasteiger partial charge in [0.2, 0.25) is 0 Å². The molecule has 0 unspecified atom stereocenters. The van der Waals surface area contributed by atoms with Gasteiger partial charge < -0.3 is 34.5 Å². The highest BCUT2D eigenvalue weighted by Crippen LogP contribution is 2.41. The number of fused-ring (bicyclic) bond motifs is 1. The number of aliphatic hydroxyl groups is 1. The minimum atomic E-state index is -4.67. The van der Waals surface area contributed by atoms with Crippen molar-refractivity contribution in [1.82, 2.24) is 14.9 Å². The van der Waals surface area contributed by atoms with E-state index in [4.69, 9.17) is 31.5 Å². The molecule has 4 aromatic rings. The minimum Gasteiger partial charge on any atom is -0.490 e. The molecule has 0 fully saturated rings. The number of ether oxygens (including phenoxy) is 3. The third kappa shape index (κ3) is 9.90. The van der Waals surface area contributed by atoms with Crippen molar-refractivity contribution in [2.45, 2.75) is 58.5 Å². The van der Waals surface area contributed by atoms with E-state index in [1.54, 1.807) is 29.0 Å². The average Bonchev–Trinajstić information content (AvgIpc) is 3.39. The number of alkyl halides is 3. The predicted molar refractivity (Wildman–Crippen MR) is 187 cm³/mol. The summed E-state index contributed by atoms with van der Waals surface area (Å²) in [5.41, 5.74) is 1.65. The summed E-state index contributed by atoms with van der Waals surface area (Å²) in [7, 11) is -1.37. The van der Waals surface area contributed by atoms with E-state index in [1.165, 1.54) is 12.3 Å². The van der Waals surface area contributed by atoms with Gasteiger partial charge in [0.25, 0.3) is 0 Å². The van der Waals surface area contributed by atoms with Crippen molar-refractivity contribution in [3.63, 3.8) is 0 Å². The van der Waals surface area contributed by atoms with Crippen LogP contribution < -0.4 is 20.1 Å². The molecule has 16 heteroatoms. The molecule has 0 spiro atoms. The topological polar surface area (TPSA) is 114 Å². The van der Waals surface area contributed by atoms with Gasteiger partial charge in [-0.25, -0.2) is 13.8 Å². The lowest BCUT2D eigenvalue weighted by atomic mass is 10.0. The molecule has 0 radical (unpaired) electrons. The van der Waals surface area contributed by atoms with Crippen LogP contribution in [0.3, 0.4) is 0 Å². The number of hydrogen-bond acceptors (Lipinski definition) is 7. The molecule has 3 N–H and O–H groups in total. The first-order chi connectivity index (χ1) is 23.5. The van der Waals surface area contributed by atoms with Gasteiger partial charge in [0.05, 0.1) is 29.6 Å². The normalized spacial score (nSPS) is 12.5. The Labute approximate surface area is 293 Å². The molecule has 50 heavy (non-hydrogen) atoms. The fourth-order valence-corrected chi connectivity index (χ4v) is 5.74. The molecule has 0 bridgehead atoms. The summed E-state index contributed by atoms with van der Waals surface area (Å²) in [4.78, 5) is 4.52. The number of thiocarbonyl (C=S) groups is 1. The van der Waals surface area contributed by atoms with Gasteiger partial charge in [0.15, 0.2) is 22.5 Å². The van der Waals surface area contributed by atoms with Crippen LogP contribution in [0.25, 0.3) is 22.2 Å². The highest BCUT2D eigenvalue weighted by atomic mass is 32.1. The minimum absolute atomic E-state index is 0.0600. The summed E-state index contributed by atoms with van der Waals surface area (Å²) in [6.07, 6.45) is -1.64. The fourth-order valence-electron chi connectivity index (χ4n) is 4.79. The van der Waals surface area contributed by atoms with E-state index >= 15 is 8.78 Å². The van der Waals surface area contributed by atoms with Gasteiger partial charge in [-0.15, -0.1) is 0 Å². The molecule has 0 aliphatic carbocycles. The van der Waals surface area contributed by atoms with Gasteiger partial charge >= 0.3 is 6.18 Å². The van der Waals surface area contributed by atoms with Crippen LogP contribution in [0.5, 0.6) is 17.2 Å². The van der Waals surface area contributed by atoms with Crippen molar-refractivity contribution in [3.8, 4) is 34.4 Å². The Bertz CT molecular complexity index is 1850. The number of nitrogens with one attached hydrogen (secondary N) is 2. The smallest absolute Gasteiger partial charge is 0.395 e. The maximum Gasteiger partial charge on any atom is 0.395 e. The lowest BCUT2D eigenvalue weighted by Gasteiger charge is -2.19. The Morgan fingerprint density at radius 3 is 2.40 bits per heavy atom. The van der Waals surface area contributed by atoms with Crippen molar-refractivity contribution in [2.75, 3.05) is 25.1 Å². The van der Waals surface area contributed by atoms with Crippen molar-refractivity contribution >= 4 is 42.1 Å². The highest BCUT2D eigenvalue weighted by molar-refractivity contribution is 7.80. The lowest BCUT2D eigenvalue weighted by molar-refractivity contribution is -0.181. The molecule has 9 nitrogen and oxygen atoms in total. The summed E-state index contributed by atoms with van der Waals surface area (Å²) in [5, 5.41) is 23.7. The summed E-state index contributed by atoms with van der Waals surface area (Å²) in [6, 6.07) is 11.4. The molecule has 1 atom stereocenters. The summed E-state index contributed by atoms with van der Waals surface area (Å²) in [5.74, 6) is -4.62. The number of hydrogen-bond donors (Lipinski definition) is 3. The van der Waals surface area contributed by atoms with Gasteiger partial charge in [-0.1, -0.05) is 25.7 Å². The number of nitriles is 1. The van der Waals surface area contributed by atoms with E-state index in [-0.39, 0.29) is 34.9 Å². The second-order valence-corrected chi connectivity index (χ2v) is 19.0. The number of aromatic nitrogens is 2. The predicted octanol–water partition coefficient (Wildman–Crippen LogP) is 8.20. The van der Waals surface area contributed by atoms with Crippen molar-refractivity contribution < 1.29 is 41.3 Å². The second kappa shape index (κ2) is 16.1. The third-order valence-corrected chi connectivity index (χ3v) is 9.33. The van der Waals surface area contributed by atoms with Crippen LogP contribution in [0.1, 0.15) is 19.4 Å². The van der Waals surface area contributed by atoms with Crippen molar-refractivity contribution in [2.24, 2.45) is 5.92 Å². The van der Waals surface area contributed by atoms with Crippen LogP contribution in [-0.2, 0) is 11.5 Å². The Morgan fingerprint density at radius 1 is 1.10 bits per heavy atom. The van der Waals surface area contributed by atoms with Crippen LogP contribution in [0.4, 0.5) is 27.6 Å². The van der Waals surface area contributed by atoms with Gasteiger partial charge in [-0.3, -0.25) is 0 Å². The molecule has 0 aliphatic heterocycles. The quantitative estimate of drug-likeness (QED) is 0.0511. The zero-order valence-corrected chi connectivity index (χ0v) is 29.9. The largest absolute Gasteiger partial charge is 0.490 e. The Morgan fingerprint density at radius 2 is 1.80 bits per heavy atom. The van der Waals surface area contributed by atoms with E-state index in [9.17, 15) is 18.4 Å². The maximum absolute atomic E-state index is 15.4. The molecule has 2 aromatic heterocycles. The van der Waals surface area contributed by atoms with E-state index in [0.717, 1.165) is 18.2 Å². The molecule has 4 rings (SSSR count). The van der Waals surface area contributed by atoms with E-state index in [0.29, 0.717) is 34.5 Å². The van der Waals surface area contributed by atoms with Crippen LogP contribution >= 0.6 is 12.2 Å². The van der Waals surface area contributed by atoms with Crippen LogP contribution in [0, 0.1) is 28.9 Å². The number of rotatable bonds is 14. The monoisotopic (exact) mass is 735 g/mol. The van der Waals surface area contributed by atoms with Gasteiger partial charge in [0, 0.05) is 57.0 Å². The van der Waals surface area contributed by atoms with Crippen LogP contribution in [0.15, 0.2) is 48.8 Å². The lowest BCUT2D eigenvalue weighted by Crippen LogP contribution is -2.40. The van der Waals surface area contributed by atoms with Gasteiger partial charge in [-0.05, 0) is 55.9 Å². The zero-order valence-electron chi connectivity index (χ0n) is 28.1. The number of halogens is 5. The number of pyridine rings is 1. The Balaban J connectivity index is 1.68. The number of benzene rings is 2. The first kappa shape index (κ1) is 38.5. The summed E-state index contributed by atoms with van der Waals surface area (Å²) >= 11 is 4.97. The third-order valence-electron chi connectivity index (χ3n) is 7.38. The molecule has 2 heterocycles. The van der Waals surface area contributed by atoms with Crippen LogP contribution in [0.2, 0.25) is 25.7 Å². The molecule has 0 aliphatic rings. The van der Waals surface area contributed by atoms with E-state index in [1.807, 2.05) is 13.8 Å². The molecule has 0 saturated carbocycles. The fraction of sp³-hybridized carbons (Fsp3) is 0.382. The second-order valence-electron chi connectivity index (χ2n) is 13.0. The Kier molecular flexibility index (Phi) is 12.4. The molecule has 0 amide bonds. The van der Waals surface area contributed by atoms with Crippen molar-refractivity contribution in [1.29, 1.82) is 5.26 Å². The maximum atomic E-state index is 15.4. The molecule has 0 saturated heterocycles. The van der Waals surface area contributed by atoms with Gasteiger partial charge in [-0.2, -0.15) is 18.4 Å². The molecular formula is C34H38F5N5O4SSi. The zero-order chi connectivity index (χ0) is 36.8. The summed E-state index contributed by atoms with van der Waals surface area (Å²) < 4.78 is 89.0. The molecule has 2 aromatic carbocycles. The highest BCUT2D eigenvalue weighted by Gasteiger charge is 2.39. The SMILES string of the molecule is CC(C)Oc1ccc(-c2cn(COCC[Si](C)(C)C)c3nccc(Oc4c(F)cc(NC(=S)NC[C@H](CO)C(F)(F)F)cc4F)c23)cc1C#N. The number of anilines is 1. The summed E-state index contributed by atoms with van der Waals surface area (Å²) in [6.45, 7) is 9.16. The van der Waals surface area contributed by atoms with E-state index < -0.39 is 50.7 Å². The first-order valence-electron chi connectivity index (χ1n) is 15.7. The first-order valence-corrected chi connectivity index (χ1v) is 19.8. The average molecular weight is 736 g/mol. The number of aliphatic hydroxyl groups excluding tert-OH is 1. The van der Waals surface area contributed by atoms with E-state index in [2.05, 4.69) is 41.3 Å². The van der Waals surface area contributed by atoms with Gasteiger partial charge in [0.1, 0.15) is 29.9 Å². The van der Waals surface area contributed by atoms with Crippen molar-refractivity contribution in [3.05, 3.63) is 66.0 Å². The molecule has 268 valence electrons. The van der Waals surface area contributed by atoms with Crippen LogP contribution in [-0.4, -0.2) is 59.9 Å². The number of nitrogens with zero attached hydrogens (tertiary/aromatic N) is 3. The molecular weight excluding hydrogens is 698 g/mol. The Hall–Kier alpha value is -4.30. The standard InChI is InChI=1S/C34H38F5N5O4SSi/c1-20(2)47-28-7-6-21(12-22(28)15-40)25-17-44(19-46-10-11-50(3,4)5)32-30(25)29(8-9-41-32)48-31-26(35)13-24(14-27(31)36)43-33(49)42-16-23(18-45)34(37,38)39/h6-9,12-14,17,20,23,45H,10-11,16,18-19H2,1-5H3,(H2,42,43,49)/t23-/m1/s1.